The second-order valence-corrected chi connectivity index (χ2v) is 7.35. The topological polar surface area (TPSA) is 66.5 Å². The van der Waals surface area contributed by atoms with Gasteiger partial charge in [0.2, 0.25) is 0 Å². The van der Waals surface area contributed by atoms with Crippen molar-refractivity contribution in [2.24, 2.45) is 5.10 Å². The van der Waals surface area contributed by atoms with E-state index in [1.807, 2.05) is 66.9 Å². The summed E-state index contributed by atoms with van der Waals surface area (Å²) in [5.74, 6) is 0.331. The van der Waals surface area contributed by atoms with Crippen LogP contribution in [0.3, 0.4) is 0 Å². The number of fused-ring (bicyclic) bond motifs is 2. The van der Waals surface area contributed by atoms with Gasteiger partial charge in [0.25, 0.3) is 5.91 Å². The van der Waals surface area contributed by atoms with Crippen LogP contribution in [-0.4, -0.2) is 23.2 Å². The summed E-state index contributed by atoms with van der Waals surface area (Å²) in [7, 11) is 0. The van der Waals surface area contributed by atoms with E-state index in [4.69, 9.17) is 4.74 Å². The molecular formula is C22H18BrN3O2. The van der Waals surface area contributed by atoms with Crippen molar-refractivity contribution in [1.29, 1.82) is 0 Å². The van der Waals surface area contributed by atoms with Gasteiger partial charge < -0.3 is 9.72 Å². The normalized spacial score (nSPS) is 12.5. The van der Waals surface area contributed by atoms with E-state index < -0.39 is 6.10 Å². The summed E-state index contributed by atoms with van der Waals surface area (Å²) in [6.07, 6.45) is 2.80. The number of carbonyl (C=O) groups excluding carboxylic acids is 1. The molecule has 4 rings (SSSR count). The average Bonchev–Trinajstić information content (AvgIpc) is 3.10. The van der Waals surface area contributed by atoms with Crippen molar-refractivity contribution in [1.82, 2.24) is 10.4 Å². The molecule has 0 spiro atoms. The molecule has 3 aromatic carbocycles. The Bertz CT molecular complexity index is 1180. The zero-order chi connectivity index (χ0) is 19.5. The van der Waals surface area contributed by atoms with Crippen molar-refractivity contribution in [3.63, 3.8) is 0 Å². The first kappa shape index (κ1) is 18.3. The smallest absolute Gasteiger partial charge is 0.280 e. The van der Waals surface area contributed by atoms with Crippen LogP contribution in [-0.2, 0) is 4.79 Å². The molecule has 0 aliphatic heterocycles. The average molecular weight is 436 g/mol. The Balaban J connectivity index is 1.40. The van der Waals surface area contributed by atoms with E-state index in [0.29, 0.717) is 5.75 Å². The quantitative estimate of drug-likeness (QED) is 0.342. The molecule has 0 bridgehead atoms. The fourth-order valence-corrected chi connectivity index (χ4v) is 3.34. The lowest BCUT2D eigenvalue weighted by Crippen LogP contribution is -2.33. The lowest BCUT2D eigenvalue weighted by atomic mass is 10.1. The lowest BCUT2D eigenvalue weighted by Gasteiger charge is -2.13. The molecule has 1 atom stereocenters. The lowest BCUT2D eigenvalue weighted by molar-refractivity contribution is -0.127. The number of carbonyl (C=O) groups is 1. The molecule has 0 fully saturated rings. The van der Waals surface area contributed by atoms with Gasteiger partial charge in [-0.25, -0.2) is 5.43 Å². The molecule has 0 radical (unpaired) electrons. The third-order valence-corrected chi connectivity index (χ3v) is 4.95. The Morgan fingerprint density at radius 2 is 1.96 bits per heavy atom. The molecule has 0 aliphatic rings. The fourth-order valence-electron chi connectivity index (χ4n) is 2.98. The predicted octanol–water partition coefficient (Wildman–Crippen LogP) is 5.00. The van der Waals surface area contributed by atoms with Crippen LogP contribution in [0.25, 0.3) is 21.7 Å². The molecule has 1 amide bonds. The largest absolute Gasteiger partial charge is 0.481 e. The molecule has 6 heteroatoms. The molecule has 28 heavy (non-hydrogen) atoms. The maximum atomic E-state index is 12.3. The molecule has 0 saturated carbocycles. The van der Waals surface area contributed by atoms with E-state index in [1.54, 1.807) is 13.1 Å². The minimum atomic E-state index is -0.671. The Morgan fingerprint density at radius 3 is 2.82 bits per heavy atom. The number of halogens is 1. The first-order valence-corrected chi connectivity index (χ1v) is 9.64. The van der Waals surface area contributed by atoms with Crippen molar-refractivity contribution in [3.8, 4) is 5.75 Å². The molecule has 4 aromatic rings. The summed E-state index contributed by atoms with van der Waals surface area (Å²) in [4.78, 5) is 15.5. The Kier molecular flexibility index (Phi) is 5.12. The van der Waals surface area contributed by atoms with E-state index in [-0.39, 0.29) is 5.91 Å². The molecular weight excluding hydrogens is 418 g/mol. The van der Waals surface area contributed by atoms with E-state index in [2.05, 4.69) is 31.4 Å². The summed E-state index contributed by atoms with van der Waals surface area (Å²) in [5.41, 5.74) is 4.43. The molecule has 2 N–H and O–H groups in total. The second-order valence-electron chi connectivity index (χ2n) is 6.44. The highest BCUT2D eigenvalue weighted by atomic mass is 79.9. The number of amides is 1. The number of hydrogen-bond donors (Lipinski definition) is 2. The highest BCUT2D eigenvalue weighted by Crippen LogP contribution is 2.22. The van der Waals surface area contributed by atoms with Crippen LogP contribution in [0.5, 0.6) is 5.75 Å². The second kappa shape index (κ2) is 7.86. The fraction of sp³-hybridized carbons (Fsp3) is 0.0909. The van der Waals surface area contributed by atoms with E-state index >= 15 is 0 Å². The molecule has 0 saturated heterocycles. The molecule has 5 nitrogen and oxygen atoms in total. The first-order chi connectivity index (χ1) is 13.6. The number of nitrogens with one attached hydrogen (secondary N) is 2. The number of benzene rings is 3. The number of aromatic amines is 1. The van der Waals surface area contributed by atoms with E-state index in [1.165, 1.54) is 0 Å². The van der Waals surface area contributed by atoms with E-state index in [0.717, 1.165) is 31.7 Å². The minimum absolute atomic E-state index is 0.314. The number of ether oxygens (including phenoxy) is 1. The van der Waals surface area contributed by atoms with Gasteiger partial charge in [-0.1, -0.05) is 46.3 Å². The summed E-state index contributed by atoms with van der Waals surface area (Å²) < 4.78 is 6.74. The van der Waals surface area contributed by atoms with Crippen LogP contribution in [0.15, 0.2) is 76.4 Å². The maximum absolute atomic E-state index is 12.3. The van der Waals surface area contributed by atoms with Gasteiger partial charge in [0.1, 0.15) is 5.75 Å². The Hall–Kier alpha value is -3.12. The van der Waals surface area contributed by atoms with Crippen LogP contribution in [0.4, 0.5) is 0 Å². The molecule has 0 aliphatic carbocycles. The van der Waals surface area contributed by atoms with Crippen LogP contribution in [0.2, 0.25) is 0 Å². The molecule has 1 heterocycles. The maximum Gasteiger partial charge on any atom is 0.280 e. The Labute approximate surface area is 170 Å². The van der Waals surface area contributed by atoms with Crippen molar-refractivity contribution in [3.05, 3.63) is 76.9 Å². The van der Waals surface area contributed by atoms with Gasteiger partial charge in [-0.3, -0.25) is 4.79 Å². The third-order valence-electron chi connectivity index (χ3n) is 4.46. The van der Waals surface area contributed by atoms with Gasteiger partial charge in [0.15, 0.2) is 6.10 Å². The van der Waals surface area contributed by atoms with Crippen LogP contribution in [0, 0.1) is 0 Å². The van der Waals surface area contributed by atoms with Crippen LogP contribution < -0.4 is 10.2 Å². The van der Waals surface area contributed by atoms with Gasteiger partial charge in [0, 0.05) is 27.1 Å². The highest BCUT2D eigenvalue weighted by Gasteiger charge is 2.14. The van der Waals surface area contributed by atoms with Crippen molar-refractivity contribution in [2.45, 2.75) is 13.0 Å². The van der Waals surface area contributed by atoms with Gasteiger partial charge in [-0.15, -0.1) is 0 Å². The minimum Gasteiger partial charge on any atom is -0.481 e. The van der Waals surface area contributed by atoms with E-state index in [9.17, 15) is 4.79 Å². The van der Waals surface area contributed by atoms with Gasteiger partial charge >= 0.3 is 0 Å². The van der Waals surface area contributed by atoms with Crippen LogP contribution >= 0.6 is 15.9 Å². The Morgan fingerprint density at radius 1 is 1.14 bits per heavy atom. The summed E-state index contributed by atoms with van der Waals surface area (Å²) in [6, 6.07) is 19.7. The van der Waals surface area contributed by atoms with Crippen molar-refractivity contribution in [2.75, 3.05) is 0 Å². The zero-order valence-corrected chi connectivity index (χ0v) is 16.7. The number of aromatic nitrogens is 1. The number of hydrogen-bond acceptors (Lipinski definition) is 3. The summed E-state index contributed by atoms with van der Waals surface area (Å²) in [6.45, 7) is 1.70. The summed E-state index contributed by atoms with van der Waals surface area (Å²) >= 11 is 3.46. The predicted molar refractivity (Wildman–Crippen MR) is 116 cm³/mol. The summed E-state index contributed by atoms with van der Waals surface area (Å²) in [5, 5.41) is 7.28. The number of H-pyrrole nitrogens is 1. The monoisotopic (exact) mass is 435 g/mol. The van der Waals surface area contributed by atoms with Gasteiger partial charge in [0.05, 0.1) is 6.21 Å². The molecule has 1 unspecified atom stereocenters. The van der Waals surface area contributed by atoms with Gasteiger partial charge in [-0.2, -0.15) is 5.10 Å². The standard InChI is InChI=1S/C22H18BrN3O2/c1-14(28-19-8-6-15-4-2-3-5-16(15)10-19)22(27)26-25-13-17-12-24-21-9-7-18(23)11-20(17)21/h2-14,24H,1H3,(H,26,27)/b25-13+. The number of rotatable bonds is 5. The molecule has 1 aromatic heterocycles. The number of hydrazone groups is 1. The van der Waals surface area contributed by atoms with Crippen molar-refractivity contribution < 1.29 is 9.53 Å². The number of nitrogens with zero attached hydrogens (tertiary/aromatic N) is 1. The van der Waals surface area contributed by atoms with Gasteiger partial charge in [-0.05, 0) is 48.0 Å². The highest BCUT2D eigenvalue weighted by molar-refractivity contribution is 9.10. The third kappa shape index (κ3) is 3.92. The molecule has 140 valence electrons. The SMILES string of the molecule is CC(Oc1ccc2ccccc2c1)C(=O)N/N=C/c1c[nH]c2ccc(Br)cc12. The first-order valence-electron chi connectivity index (χ1n) is 8.85. The van der Waals surface area contributed by atoms with Crippen LogP contribution in [0.1, 0.15) is 12.5 Å². The van der Waals surface area contributed by atoms with Crippen molar-refractivity contribution >= 4 is 49.7 Å². The zero-order valence-electron chi connectivity index (χ0n) is 15.1.